The summed E-state index contributed by atoms with van der Waals surface area (Å²) in [6.07, 6.45) is 10.3. The van der Waals surface area contributed by atoms with Crippen LogP contribution >= 0.6 is 31.9 Å². The van der Waals surface area contributed by atoms with E-state index < -0.39 is 0 Å². The van der Waals surface area contributed by atoms with Gasteiger partial charge in [0.1, 0.15) is 0 Å². The van der Waals surface area contributed by atoms with Gasteiger partial charge in [-0.2, -0.15) is 0 Å². The fraction of sp³-hybridized carbons (Fsp3) is 0.167. The Kier molecular flexibility index (Phi) is 14.0. The Hall–Kier alpha value is -7.44. The summed E-state index contributed by atoms with van der Waals surface area (Å²) in [5.41, 5.74) is 15.9. The van der Waals surface area contributed by atoms with Crippen LogP contribution < -0.4 is 0 Å². The molecule has 3 aromatic heterocycles. The third-order valence-corrected chi connectivity index (χ3v) is 17.9. The smallest absolute Gasteiger partial charge is 0.0541 e. The van der Waals surface area contributed by atoms with E-state index in [4.69, 9.17) is 0 Å². The van der Waals surface area contributed by atoms with Gasteiger partial charge in [-0.05, 0) is 169 Å². The molecule has 10 aromatic carbocycles. The summed E-state index contributed by atoms with van der Waals surface area (Å²) in [5.74, 6) is 2.62. The van der Waals surface area contributed by atoms with Crippen LogP contribution in [0.5, 0.6) is 0 Å². The van der Waals surface area contributed by atoms with Crippen LogP contribution in [0.25, 0.3) is 76.8 Å². The quantitative estimate of drug-likeness (QED) is 0.172. The Balaban J connectivity index is 0.000000140. The second-order valence-corrected chi connectivity index (χ2v) is 23.2. The molecule has 1 N–H and O–H groups in total. The predicted molar refractivity (Wildman–Crippen MR) is 334 cm³/mol. The maximum absolute atomic E-state index is 3.52. The number of aromatic amines is 1. The summed E-state index contributed by atoms with van der Waals surface area (Å²) in [6.45, 7) is 0. The number of halogens is 2. The molecule has 2 saturated carbocycles. The van der Waals surface area contributed by atoms with E-state index >= 15 is 0 Å². The minimum absolute atomic E-state index is 0.595. The van der Waals surface area contributed by atoms with Crippen molar-refractivity contribution in [2.45, 2.75) is 75.0 Å². The Labute approximate surface area is 468 Å². The van der Waals surface area contributed by atoms with Crippen molar-refractivity contribution < 1.29 is 0 Å². The first kappa shape index (κ1) is 49.2. The van der Waals surface area contributed by atoms with Crippen molar-refractivity contribution >= 4 is 97.3 Å². The number of fused-ring (bicyclic) bond motifs is 9. The van der Waals surface area contributed by atoms with Gasteiger partial charge in [-0.15, -0.1) is 0 Å². The Morgan fingerprint density at radius 1 is 0.286 bits per heavy atom. The monoisotopic (exact) mass is 1130 g/mol. The molecule has 77 heavy (non-hydrogen) atoms. The van der Waals surface area contributed by atoms with Crippen LogP contribution in [0.3, 0.4) is 0 Å². The number of para-hydroxylation sites is 6. The molecule has 0 saturated heterocycles. The second-order valence-electron chi connectivity index (χ2n) is 21.4. The molecule has 5 heteroatoms. The van der Waals surface area contributed by atoms with Gasteiger partial charge in [0, 0.05) is 63.7 Å². The Morgan fingerprint density at radius 2 is 0.545 bits per heavy atom. The third-order valence-electron chi connectivity index (χ3n) is 16.9. The highest BCUT2D eigenvalue weighted by Crippen LogP contribution is 2.44. The third kappa shape index (κ3) is 9.97. The molecular weight excluding hydrogens is 1070 g/mol. The van der Waals surface area contributed by atoms with Crippen molar-refractivity contribution in [3.8, 4) is 11.4 Å². The van der Waals surface area contributed by atoms with E-state index in [9.17, 15) is 0 Å². The van der Waals surface area contributed by atoms with Gasteiger partial charge in [0.25, 0.3) is 0 Å². The van der Waals surface area contributed by atoms with Crippen molar-refractivity contribution in [1.82, 2.24) is 14.1 Å². The summed E-state index contributed by atoms with van der Waals surface area (Å²) >= 11 is 7.04. The van der Waals surface area contributed by atoms with E-state index in [0.29, 0.717) is 23.7 Å². The zero-order chi connectivity index (χ0) is 51.7. The molecule has 2 fully saturated rings. The number of benzene rings is 10. The molecule has 0 aliphatic heterocycles. The molecular formula is C72H61Br2N3. The normalized spacial score (nSPS) is 17.6. The number of hydrogen-bond donors (Lipinski definition) is 1. The van der Waals surface area contributed by atoms with E-state index in [0.717, 1.165) is 0 Å². The fourth-order valence-corrected chi connectivity index (χ4v) is 13.6. The molecule has 0 amide bonds. The molecule has 0 bridgehead atoms. The number of H-pyrrole nitrogens is 1. The minimum Gasteiger partial charge on any atom is -0.355 e. The molecule has 3 nitrogen and oxygen atoms in total. The summed E-state index contributed by atoms with van der Waals surface area (Å²) < 4.78 is 7.16. The van der Waals surface area contributed by atoms with Crippen LogP contribution in [0, 0.1) is 0 Å². The van der Waals surface area contributed by atoms with Crippen LogP contribution in [-0.4, -0.2) is 14.1 Å². The maximum Gasteiger partial charge on any atom is 0.0541 e. The summed E-state index contributed by atoms with van der Waals surface area (Å²) in [4.78, 5) is 3.38. The number of rotatable bonds is 6. The predicted octanol–water partition coefficient (Wildman–Crippen LogP) is 21.3. The molecule has 13 aromatic rings. The van der Waals surface area contributed by atoms with Crippen molar-refractivity contribution in [1.29, 1.82) is 0 Å². The molecule has 2 aliphatic rings. The molecule has 4 atom stereocenters. The molecule has 15 rings (SSSR count). The van der Waals surface area contributed by atoms with Crippen molar-refractivity contribution in [2.24, 2.45) is 0 Å². The van der Waals surface area contributed by atoms with Gasteiger partial charge < -0.3 is 14.1 Å². The lowest BCUT2D eigenvalue weighted by atomic mass is 9.75. The van der Waals surface area contributed by atoms with E-state index in [2.05, 4.69) is 289 Å². The van der Waals surface area contributed by atoms with Crippen LogP contribution in [0.15, 0.2) is 252 Å². The number of nitrogens with zero attached hydrogens (tertiary/aromatic N) is 2. The van der Waals surface area contributed by atoms with E-state index in [-0.39, 0.29) is 0 Å². The lowest BCUT2D eigenvalue weighted by molar-refractivity contribution is 0.394. The van der Waals surface area contributed by atoms with E-state index in [1.807, 2.05) is 0 Å². The van der Waals surface area contributed by atoms with Gasteiger partial charge in [0.15, 0.2) is 0 Å². The molecule has 3 heterocycles. The SMILES string of the molecule is Brc1ccc(C2CCCC(c3ccc(Br)cc3)C2)cc1.c1ccc2c(c1)[nH]c1ccccc12.c1ccc2c(c1)c1ccccc1n2-c1ccc(C2CCCC(c3ccc(-n4c5ccccc5c5ccccc54)cc3)C2)cc1. The van der Waals surface area contributed by atoms with Crippen molar-refractivity contribution in [3.05, 3.63) is 274 Å². The van der Waals surface area contributed by atoms with Gasteiger partial charge in [-0.25, -0.2) is 0 Å². The van der Waals surface area contributed by atoms with Crippen molar-refractivity contribution in [3.63, 3.8) is 0 Å². The first-order chi connectivity index (χ1) is 38.0. The lowest BCUT2D eigenvalue weighted by Crippen LogP contribution is -2.13. The Bertz CT molecular complexity index is 3770. The molecule has 0 radical (unpaired) electrons. The summed E-state index contributed by atoms with van der Waals surface area (Å²) in [5, 5.41) is 7.85. The zero-order valence-electron chi connectivity index (χ0n) is 43.2. The Morgan fingerprint density at radius 3 is 0.857 bits per heavy atom. The topological polar surface area (TPSA) is 25.6 Å². The number of nitrogens with one attached hydrogen (secondary N) is 1. The lowest BCUT2D eigenvalue weighted by Gasteiger charge is -2.30. The van der Waals surface area contributed by atoms with Gasteiger partial charge in [-0.1, -0.05) is 202 Å². The standard InChI is InChI=1S/C42H34N2.C18H18Br2.C12H9N/c1-5-16-39-35(12-1)36-13-2-6-17-40(36)43(39)33-24-20-29(21-25-33)31-10-9-11-32(28-31)30-22-26-34(27-23-30)44-41-18-7-3-14-37(41)38-15-4-8-19-42(38)44;19-17-8-4-13(5-9-17)15-2-1-3-16(12-15)14-6-10-18(20)11-7-14;1-3-7-11-9(5-1)10-6-2-4-8-12(10)13-11/h1-8,12-27,31-32H,9-11,28H2;4-11,15-16H,1-3,12H2;1-8,13H. The van der Waals surface area contributed by atoms with Gasteiger partial charge in [0.05, 0.1) is 22.1 Å². The van der Waals surface area contributed by atoms with Gasteiger partial charge >= 0.3 is 0 Å². The van der Waals surface area contributed by atoms with Crippen LogP contribution in [0.4, 0.5) is 0 Å². The van der Waals surface area contributed by atoms with Crippen LogP contribution in [0.1, 0.15) is 97.3 Å². The molecule has 378 valence electrons. The van der Waals surface area contributed by atoms with Gasteiger partial charge in [-0.3, -0.25) is 0 Å². The summed E-state index contributed by atoms with van der Waals surface area (Å²) in [6, 6.07) is 88.4. The first-order valence-corrected chi connectivity index (χ1v) is 29.2. The molecule has 0 spiro atoms. The van der Waals surface area contributed by atoms with Gasteiger partial charge in [0.2, 0.25) is 0 Å². The minimum atomic E-state index is 0.595. The molecule has 2 aliphatic carbocycles. The number of aromatic nitrogens is 3. The number of hydrogen-bond acceptors (Lipinski definition) is 0. The largest absolute Gasteiger partial charge is 0.355 e. The highest BCUT2D eigenvalue weighted by atomic mass is 79.9. The average molecular weight is 1130 g/mol. The second kappa shape index (κ2) is 21.9. The van der Waals surface area contributed by atoms with Crippen LogP contribution in [-0.2, 0) is 0 Å². The van der Waals surface area contributed by atoms with Crippen LogP contribution in [0.2, 0.25) is 0 Å². The fourth-order valence-electron chi connectivity index (χ4n) is 13.1. The highest BCUT2D eigenvalue weighted by molar-refractivity contribution is 9.10. The zero-order valence-corrected chi connectivity index (χ0v) is 46.4. The van der Waals surface area contributed by atoms with E-state index in [1.165, 1.54) is 159 Å². The van der Waals surface area contributed by atoms with Crippen molar-refractivity contribution in [2.75, 3.05) is 0 Å². The highest BCUT2D eigenvalue weighted by Gasteiger charge is 2.26. The molecule has 4 unspecified atom stereocenters. The first-order valence-electron chi connectivity index (χ1n) is 27.6. The maximum atomic E-state index is 3.52. The average Bonchev–Trinajstić information content (AvgIpc) is 4.26. The summed E-state index contributed by atoms with van der Waals surface area (Å²) in [7, 11) is 0. The van der Waals surface area contributed by atoms with E-state index in [1.54, 1.807) is 0 Å².